The van der Waals surface area contributed by atoms with E-state index < -0.39 is 4.92 Å². The Morgan fingerprint density at radius 3 is 2.24 bits per heavy atom. The second-order valence-electron chi connectivity index (χ2n) is 5.71. The zero-order valence-corrected chi connectivity index (χ0v) is 13.6. The molecule has 5 heteroatoms. The van der Waals surface area contributed by atoms with Crippen LogP contribution in [0.2, 0.25) is 0 Å². The minimum atomic E-state index is -0.424. The number of anilines is 1. The lowest BCUT2D eigenvalue weighted by Gasteiger charge is -2.08. The first-order chi connectivity index (χ1) is 12.0. The van der Waals surface area contributed by atoms with Gasteiger partial charge >= 0.3 is 0 Å². The van der Waals surface area contributed by atoms with E-state index in [-0.39, 0.29) is 11.6 Å². The van der Waals surface area contributed by atoms with Gasteiger partial charge in [0.25, 0.3) is 11.6 Å². The molecule has 0 spiro atoms. The third-order valence-corrected chi connectivity index (χ3v) is 3.82. The number of non-ortho nitro benzene ring substituents is 1. The number of hydrogen-bond donors (Lipinski definition) is 1. The summed E-state index contributed by atoms with van der Waals surface area (Å²) in [6, 6.07) is 21.0. The van der Waals surface area contributed by atoms with Gasteiger partial charge in [0.2, 0.25) is 0 Å². The van der Waals surface area contributed by atoms with Gasteiger partial charge in [0.15, 0.2) is 0 Å². The molecule has 0 bridgehead atoms. The molecule has 0 fully saturated rings. The number of carbonyl (C=O) groups excluding carboxylic acids is 1. The predicted molar refractivity (Wildman–Crippen MR) is 97.7 cm³/mol. The largest absolute Gasteiger partial charge is 0.322 e. The molecule has 0 aliphatic heterocycles. The minimum Gasteiger partial charge on any atom is -0.322 e. The van der Waals surface area contributed by atoms with Crippen molar-refractivity contribution < 1.29 is 9.72 Å². The van der Waals surface area contributed by atoms with Crippen LogP contribution in [0.15, 0.2) is 72.8 Å². The standard InChI is InChI=1S/C20H16N2O3/c1-14-8-10-15(11-9-14)20(23)21-18-6-2-4-16(12-18)17-5-3-7-19(13-17)22(24)25/h2-13H,1H3,(H,21,23). The third-order valence-electron chi connectivity index (χ3n) is 3.82. The van der Waals surface area contributed by atoms with E-state index >= 15 is 0 Å². The quantitative estimate of drug-likeness (QED) is 0.550. The molecule has 0 saturated carbocycles. The molecule has 0 unspecified atom stereocenters. The monoisotopic (exact) mass is 332 g/mol. The molecule has 124 valence electrons. The first-order valence-corrected chi connectivity index (χ1v) is 7.76. The van der Waals surface area contributed by atoms with Crippen LogP contribution in [-0.2, 0) is 0 Å². The van der Waals surface area contributed by atoms with E-state index in [1.165, 1.54) is 12.1 Å². The second kappa shape index (κ2) is 6.97. The van der Waals surface area contributed by atoms with Crippen LogP contribution < -0.4 is 5.32 Å². The molecule has 1 amide bonds. The van der Waals surface area contributed by atoms with Gasteiger partial charge in [0, 0.05) is 23.4 Å². The summed E-state index contributed by atoms with van der Waals surface area (Å²) >= 11 is 0. The Bertz CT molecular complexity index is 934. The molecule has 0 aromatic heterocycles. The molecule has 0 heterocycles. The molecule has 5 nitrogen and oxygen atoms in total. The first-order valence-electron chi connectivity index (χ1n) is 7.76. The molecule has 1 N–H and O–H groups in total. The number of nitro groups is 1. The van der Waals surface area contributed by atoms with Crippen molar-refractivity contribution in [2.75, 3.05) is 5.32 Å². The summed E-state index contributed by atoms with van der Waals surface area (Å²) < 4.78 is 0. The highest BCUT2D eigenvalue weighted by Gasteiger charge is 2.09. The molecule has 3 rings (SSSR count). The number of rotatable bonds is 4. The third kappa shape index (κ3) is 3.90. The molecule has 0 atom stereocenters. The number of nitrogens with zero attached hydrogens (tertiary/aromatic N) is 1. The van der Waals surface area contributed by atoms with Crippen LogP contribution in [0.3, 0.4) is 0 Å². The Morgan fingerprint density at radius 1 is 0.920 bits per heavy atom. The smallest absolute Gasteiger partial charge is 0.270 e. The zero-order chi connectivity index (χ0) is 17.8. The van der Waals surface area contributed by atoms with Crippen molar-refractivity contribution in [2.24, 2.45) is 0 Å². The van der Waals surface area contributed by atoms with E-state index in [0.717, 1.165) is 16.7 Å². The van der Waals surface area contributed by atoms with Crippen molar-refractivity contribution in [1.29, 1.82) is 0 Å². The molecule has 3 aromatic rings. The molecule has 0 aliphatic carbocycles. The average molecular weight is 332 g/mol. The van der Waals surface area contributed by atoms with E-state index in [9.17, 15) is 14.9 Å². The lowest BCUT2D eigenvalue weighted by Crippen LogP contribution is -2.11. The molecular formula is C20H16N2O3. The lowest BCUT2D eigenvalue weighted by molar-refractivity contribution is -0.384. The number of benzene rings is 3. The molecule has 0 aliphatic rings. The Kier molecular flexibility index (Phi) is 4.57. The van der Waals surface area contributed by atoms with Gasteiger partial charge in [0.1, 0.15) is 0 Å². The molecule has 0 saturated heterocycles. The fourth-order valence-corrected chi connectivity index (χ4v) is 2.48. The van der Waals surface area contributed by atoms with Gasteiger partial charge in [-0.1, -0.05) is 42.0 Å². The normalized spacial score (nSPS) is 10.3. The Morgan fingerprint density at radius 2 is 1.56 bits per heavy atom. The van der Waals surface area contributed by atoms with E-state index in [4.69, 9.17) is 0 Å². The maximum atomic E-state index is 12.3. The van der Waals surface area contributed by atoms with Crippen LogP contribution in [0.5, 0.6) is 0 Å². The molecule has 0 radical (unpaired) electrons. The number of nitrogens with one attached hydrogen (secondary N) is 1. The predicted octanol–water partition coefficient (Wildman–Crippen LogP) is 4.82. The highest BCUT2D eigenvalue weighted by Crippen LogP contribution is 2.26. The fraction of sp³-hybridized carbons (Fsp3) is 0.0500. The first kappa shape index (κ1) is 16.4. The van der Waals surface area contributed by atoms with Crippen molar-refractivity contribution in [1.82, 2.24) is 0 Å². The van der Waals surface area contributed by atoms with Crippen LogP contribution in [0.25, 0.3) is 11.1 Å². The zero-order valence-electron chi connectivity index (χ0n) is 13.6. The summed E-state index contributed by atoms with van der Waals surface area (Å²) in [4.78, 5) is 22.8. The van der Waals surface area contributed by atoms with Crippen LogP contribution in [0.1, 0.15) is 15.9 Å². The van der Waals surface area contributed by atoms with Gasteiger partial charge in [-0.3, -0.25) is 14.9 Å². The minimum absolute atomic E-state index is 0.0339. The molecule has 3 aromatic carbocycles. The van der Waals surface area contributed by atoms with Crippen molar-refractivity contribution in [2.45, 2.75) is 6.92 Å². The van der Waals surface area contributed by atoms with Crippen LogP contribution in [0, 0.1) is 17.0 Å². The number of hydrogen-bond acceptors (Lipinski definition) is 3. The van der Waals surface area contributed by atoms with Gasteiger partial charge in [-0.2, -0.15) is 0 Å². The Hall–Kier alpha value is -3.47. The summed E-state index contributed by atoms with van der Waals surface area (Å²) in [5.74, 6) is -0.198. The second-order valence-corrected chi connectivity index (χ2v) is 5.71. The van der Waals surface area contributed by atoms with Crippen LogP contribution in [0.4, 0.5) is 11.4 Å². The van der Waals surface area contributed by atoms with Gasteiger partial charge < -0.3 is 5.32 Å². The summed E-state index contributed by atoms with van der Waals surface area (Å²) in [6.45, 7) is 1.96. The highest BCUT2D eigenvalue weighted by atomic mass is 16.6. The maximum absolute atomic E-state index is 12.3. The summed E-state index contributed by atoms with van der Waals surface area (Å²) in [5.41, 5.74) is 3.85. The van der Waals surface area contributed by atoms with E-state index in [2.05, 4.69) is 5.32 Å². The number of carbonyl (C=O) groups is 1. The van der Waals surface area contributed by atoms with Crippen molar-refractivity contribution >= 4 is 17.3 Å². The molecule has 25 heavy (non-hydrogen) atoms. The number of nitro benzene ring substituents is 1. The van der Waals surface area contributed by atoms with Gasteiger partial charge in [-0.25, -0.2) is 0 Å². The number of amides is 1. The van der Waals surface area contributed by atoms with E-state index in [0.29, 0.717) is 11.3 Å². The maximum Gasteiger partial charge on any atom is 0.270 e. The summed E-state index contributed by atoms with van der Waals surface area (Å²) in [6.07, 6.45) is 0. The average Bonchev–Trinajstić information content (AvgIpc) is 2.62. The Balaban J connectivity index is 1.84. The fourth-order valence-electron chi connectivity index (χ4n) is 2.48. The van der Waals surface area contributed by atoms with Crippen LogP contribution >= 0.6 is 0 Å². The van der Waals surface area contributed by atoms with Gasteiger partial charge in [0.05, 0.1) is 4.92 Å². The van der Waals surface area contributed by atoms with E-state index in [1.807, 2.05) is 25.1 Å². The van der Waals surface area contributed by atoms with Gasteiger partial charge in [-0.15, -0.1) is 0 Å². The van der Waals surface area contributed by atoms with Crippen molar-refractivity contribution in [3.63, 3.8) is 0 Å². The van der Waals surface area contributed by atoms with Crippen LogP contribution in [-0.4, -0.2) is 10.8 Å². The topological polar surface area (TPSA) is 72.2 Å². The number of aryl methyl sites for hydroxylation is 1. The summed E-state index contributed by atoms with van der Waals surface area (Å²) in [7, 11) is 0. The Labute approximate surface area is 145 Å². The summed E-state index contributed by atoms with van der Waals surface area (Å²) in [5, 5.41) is 13.8. The van der Waals surface area contributed by atoms with E-state index in [1.54, 1.807) is 42.5 Å². The lowest BCUT2D eigenvalue weighted by atomic mass is 10.0. The molecular weight excluding hydrogens is 316 g/mol. The van der Waals surface area contributed by atoms with Crippen molar-refractivity contribution in [3.8, 4) is 11.1 Å². The van der Waals surface area contributed by atoms with Crippen molar-refractivity contribution in [3.05, 3.63) is 94.0 Å². The van der Waals surface area contributed by atoms with Gasteiger partial charge in [-0.05, 0) is 42.3 Å². The SMILES string of the molecule is Cc1ccc(C(=O)Nc2cccc(-c3cccc([N+](=O)[O-])c3)c2)cc1. The highest BCUT2D eigenvalue weighted by molar-refractivity contribution is 6.04.